The summed E-state index contributed by atoms with van der Waals surface area (Å²) in [5, 5.41) is 6.48. The van der Waals surface area contributed by atoms with Gasteiger partial charge in [0, 0.05) is 12.6 Å². The maximum atomic E-state index is 12.6. The summed E-state index contributed by atoms with van der Waals surface area (Å²) in [6.45, 7) is 5.74. The lowest BCUT2D eigenvalue weighted by Crippen LogP contribution is -2.39. The molecule has 1 aromatic heterocycles. The van der Waals surface area contributed by atoms with Gasteiger partial charge < -0.3 is 0 Å². The highest BCUT2D eigenvalue weighted by molar-refractivity contribution is 7.89. The molecule has 0 spiro atoms. The molecule has 100 valence electrons. The number of hydrogen-bond donors (Lipinski definition) is 1. The van der Waals surface area contributed by atoms with E-state index in [2.05, 4.69) is 16.8 Å². The molecule has 0 aromatic carbocycles. The second-order valence-corrected chi connectivity index (χ2v) is 6.52. The molecule has 1 fully saturated rings. The zero-order valence-electron chi connectivity index (χ0n) is 10.6. The first kappa shape index (κ1) is 13.3. The normalized spacial score (nSPS) is 17.4. The molecule has 0 radical (unpaired) electrons. The van der Waals surface area contributed by atoms with E-state index in [0.717, 1.165) is 25.7 Å². The molecule has 5 nitrogen and oxygen atoms in total. The summed E-state index contributed by atoms with van der Waals surface area (Å²) < 4.78 is 26.8. The van der Waals surface area contributed by atoms with E-state index in [0.29, 0.717) is 12.2 Å². The third-order valence-corrected chi connectivity index (χ3v) is 5.44. The molecular formula is C12H19N3O2S. The number of rotatable bonds is 5. The van der Waals surface area contributed by atoms with Crippen molar-refractivity contribution in [2.75, 3.05) is 6.54 Å². The van der Waals surface area contributed by atoms with Crippen molar-refractivity contribution in [2.24, 2.45) is 0 Å². The van der Waals surface area contributed by atoms with E-state index in [1.807, 2.05) is 0 Å². The van der Waals surface area contributed by atoms with E-state index in [1.54, 1.807) is 17.3 Å². The third-order valence-electron chi connectivity index (χ3n) is 3.41. The van der Waals surface area contributed by atoms with E-state index in [1.165, 1.54) is 6.20 Å². The fraction of sp³-hybridized carbons (Fsp3) is 0.583. The Morgan fingerprint density at radius 3 is 2.72 bits per heavy atom. The molecule has 0 aliphatic heterocycles. The molecule has 1 aromatic rings. The zero-order chi connectivity index (χ0) is 13.2. The van der Waals surface area contributed by atoms with Gasteiger partial charge in [-0.1, -0.05) is 18.9 Å². The number of aromatic amines is 1. The number of nitrogens with zero attached hydrogens (tertiary/aromatic N) is 2. The summed E-state index contributed by atoms with van der Waals surface area (Å²) in [6.07, 6.45) is 7.09. The maximum absolute atomic E-state index is 12.6. The predicted octanol–water partition coefficient (Wildman–Crippen LogP) is 1.84. The number of aromatic nitrogens is 2. The molecule has 0 bridgehead atoms. The summed E-state index contributed by atoms with van der Waals surface area (Å²) in [7, 11) is -3.47. The first-order valence-electron chi connectivity index (χ1n) is 6.20. The third kappa shape index (κ3) is 2.35. The maximum Gasteiger partial charge on any atom is 0.246 e. The molecule has 6 heteroatoms. The van der Waals surface area contributed by atoms with Crippen molar-refractivity contribution in [3.63, 3.8) is 0 Å². The smallest absolute Gasteiger partial charge is 0.246 e. The first-order chi connectivity index (χ1) is 8.57. The Labute approximate surface area is 108 Å². The number of aryl methyl sites for hydroxylation is 1. The quantitative estimate of drug-likeness (QED) is 0.829. The van der Waals surface area contributed by atoms with Gasteiger partial charge in [0.1, 0.15) is 4.90 Å². The van der Waals surface area contributed by atoms with Crippen molar-refractivity contribution in [3.05, 3.63) is 24.5 Å². The lowest BCUT2D eigenvalue weighted by molar-refractivity contribution is 0.347. The minimum atomic E-state index is -3.47. The Balaban J connectivity index is 2.35. The minimum Gasteiger partial charge on any atom is -0.281 e. The van der Waals surface area contributed by atoms with Crippen LogP contribution in [0.15, 0.2) is 23.7 Å². The lowest BCUT2D eigenvalue weighted by atomic mass is 10.2. The first-order valence-corrected chi connectivity index (χ1v) is 7.64. The van der Waals surface area contributed by atoms with Gasteiger partial charge in [0.2, 0.25) is 10.0 Å². The lowest BCUT2D eigenvalue weighted by Gasteiger charge is -2.26. The van der Waals surface area contributed by atoms with Crippen LogP contribution in [0.3, 0.4) is 0 Å². The van der Waals surface area contributed by atoms with E-state index in [-0.39, 0.29) is 10.9 Å². The molecular weight excluding hydrogens is 250 g/mol. The Bertz CT molecular complexity index is 515. The summed E-state index contributed by atoms with van der Waals surface area (Å²) in [4.78, 5) is 0.274. The van der Waals surface area contributed by atoms with Crippen LogP contribution in [0.2, 0.25) is 0 Å². The van der Waals surface area contributed by atoms with Crippen molar-refractivity contribution in [1.29, 1.82) is 0 Å². The highest BCUT2D eigenvalue weighted by Crippen LogP contribution is 2.29. The fourth-order valence-electron chi connectivity index (χ4n) is 2.49. The summed E-state index contributed by atoms with van der Waals surface area (Å²) in [5.41, 5.74) is 0.585. The minimum absolute atomic E-state index is 0.0994. The van der Waals surface area contributed by atoms with Gasteiger partial charge in [0.15, 0.2) is 0 Å². The van der Waals surface area contributed by atoms with Gasteiger partial charge in [-0.15, -0.1) is 6.58 Å². The van der Waals surface area contributed by atoms with Gasteiger partial charge in [-0.2, -0.15) is 9.40 Å². The summed E-state index contributed by atoms with van der Waals surface area (Å²) in [6, 6.07) is 0.0994. The van der Waals surface area contributed by atoms with Crippen molar-refractivity contribution >= 4 is 10.0 Å². The molecule has 18 heavy (non-hydrogen) atoms. The van der Waals surface area contributed by atoms with Gasteiger partial charge >= 0.3 is 0 Å². The fourth-order valence-corrected chi connectivity index (χ4v) is 4.27. The van der Waals surface area contributed by atoms with Crippen LogP contribution in [0, 0.1) is 6.92 Å². The van der Waals surface area contributed by atoms with E-state index < -0.39 is 10.0 Å². The standard InChI is InChI=1S/C12H19N3O2S/c1-3-8-15(11-6-4-5-7-11)18(16,17)12-9-13-14-10(12)2/h3,9,11H,1,4-8H2,2H3,(H,13,14). The van der Waals surface area contributed by atoms with Gasteiger partial charge in [0.25, 0.3) is 0 Å². The second-order valence-electron chi connectivity index (χ2n) is 4.66. The van der Waals surface area contributed by atoms with Crippen molar-refractivity contribution in [3.8, 4) is 0 Å². The Morgan fingerprint density at radius 2 is 2.22 bits per heavy atom. The number of nitrogens with one attached hydrogen (secondary N) is 1. The largest absolute Gasteiger partial charge is 0.281 e. The molecule has 0 amide bonds. The number of H-pyrrole nitrogens is 1. The molecule has 1 N–H and O–H groups in total. The van der Waals surface area contributed by atoms with Crippen molar-refractivity contribution in [2.45, 2.75) is 43.5 Å². The van der Waals surface area contributed by atoms with Crippen LogP contribution >= 0.6 is 0 Å². The van der Waals surface area contributed by atoms with E-state index in [9.17, 15) is 8.42 Å². The highest BCUT2D eigenvalue weighted by Gasteiger charge is 2.33. The SMILES string of the molecule is C=CCN(C1CCCC1)S(=O)(=O)c1cn[nH]c1C. The number of hydrogen-bond acceptors (Lipinski definition) is 3. The predicted molar refractivity (Wildman–Crippen MR) is 69.7 cm³/mol. The zero-order valence-corrected chi connectivity index (χ0v) is 11.4. The van der Waals surface area contributed by atoms with Gasteiger partial charge in [0.05, 0.1) is 11.9 Å². The van der Waals surface area contributed by atoms with Crippen LogP contribution in [0.4, 0.5) is 0 Å². The van der Waals surface area contributed by atoms with E-state index >= 15 is 0 Å². The molecule has 1 heterocycles. The van der Waals surface area contributed by atoms with E-state index in [4.69, 9.17) is 0 Å². The highest BCUT2D eigenvalue weighted by atomic mass is 32.2. The van der Waals surface area contributed by atoms with Crippen molar-refractivity contribution < 1.29 is 8.42 Å². The average Bonchev–Trinajstić information content (AvgIpc) is 2.96. The average molecular weight is 269 g/mol. The molecule has 1 aliphatic carbocycles. The monoisotopic (exact) mass is 269 g/mol. The Hall–Kier alpha value is -1.14. The Morgan fingerprint density at radius 1 is 1.56 bits per heavy atom. The van der Waals surface area contributed by atoms with Crippen LogP contribution in [-0.2, 0) is 10.0 Å². The topological polar surface area (TPSA) is 66.1 Å². The summed E-state index contributed by atoms with van der Waals surface area (Å²) >= 11 is 0. The van der Waals surface area contributed by atoms with Crippen LogP contribution < -0.4 is 0 Å². The Kier molecular flexibility index (Phi) is 3.87. The molecule has 0 unspecified atom stereocenters. The van der Waals surface area contributed by atoms with Crippen LogP contribution in [-0.4, -0.2) is 35.5 Å². The molecule has 1 saturated carbocycles. The van der Waals surface area contributed by atoms with Crippen LogP contribution in [0.5, 0.6) is 0 Å². The molecule has 0 atom stereocenters. The molecule has 2 rings (SSSR count). The summed E-state index contributed by atoms with van der Waals surface area (Å²) in [5.74, 6) is 0. The second kappa shape index (κ2) is 5.24. The molecule has 0 saturated heterocycles. The van der Waals surface area contributed by atoms with Crippen LogP contribution in [0.25, 0.3) is 0 Å². The van der Waals surface area contributed by atoms with Crippen molar-refractivity contribution in [1.82, 2.24) is 14.5 Å². The van der Waals surface area contributed by atoms with Gasteiger partial charge in [-0.05, 0) is 19.8 Å². The number of sulfonamides is 1. The van der Waals surface area contributed by atoms with Crippen LogP contribution in [0.1, 0.15) is 31.4 Å². The van der Waals surface area contributed by atoms with Gasteiger partial charge in [-0.3, -0.25) is 5.10 Å². The van der Waals surface area contributed by atoms with Gasteiger partial charge in [-0.25, -0.2) is 8.42 Å². The molecule has 1 aliphatic rings.